The minimum Gasteiger partial charge on any atom is -0.359 e. The lowest BCUT2D eigenvalue weighted by molar-refractivity contribution is 0.372. The Kier molecular flexibility index (Phi) is 6.25. The van der Waals surface area contributed by atoms with E-state index in [1.807, 2.05) is 35.9 Å². The number of imidazole rings is 1. The molecule has 3 aromatic rings. The fourth-order valence-corrected chi connectivity index (χ4v) is 2.66. The van der Waals surface area contributed by atoms with E-state index < -0.39 is 0 Å². The van der Waals surface area contributed by atoms with E-state index in [9.17, 15) is 0 Å². The van der Waals surface area contributed by atoms with Crippen LogP contribution < -0.4 is 10.6 Å². The SMILES string of the molecule is CCNC(=NCc1ccccc1-n1ccnc1)NCc1cc(C(C)C)no1. The Labute approximate surface area is 159 Å². The van der Waals surface area contributed by atoms with Crippen molar-refractivity contribution < 1.29 is 4.52 Å². The molecular formula is C20H26N6O. The standard InChI is InChI=1S/C20H26N6O/c1-4-22-20(24-13-17-11-18(15(2)3)25-27-17)23-12-16-7-5-6-8-19(16)26-10-9-21-14-26/h5-11,14-15H,4,12-13H2,1-3H3,(H2,22,23,24). The number of guanidine groups is 1. The number of benzene rings is 1. The molecule has 0 aliphatic rings. The van der Waals surface area contributed by atoms with Gasteiger partial charge < -0.3 is 19.7 Å². The maximum absolute atomic E-state index is 5.38. The molecule has 0 unspecified atom stereocenters. The largest absolute Gasteiger partial charge is 0.359 e. The van der Waals surface area contributed by atoms with Crippen LogP contribution in [0.4, 0.5) is 0 Å². The lowest BCUT2D eigenvalue weighted by atomic mass is 10.1. The van der Waals surface area contributed by atoms with E-state index in [1.165, 1.54) is 0 Å². The molecule has 7 nitrogen and oxygen atoms in total. The minimum atomic E-state index is 0.351. The molecule has 0 aliphatic carbocycles. The van der Waals surface area contributed by atoms with Crippen molar-refractivity contribution in [3.63, 3.8) is 0 Å². The molecule has 142 valence electrons. The van der Waals surface area contributed by atoms with Gasteiger partial charge in [0.15, 0.2) is 11.7 Å². The maximum atomic E-state index is 5.38. The topological polar surface area (TPSA) is 80.3 Å². The third-order valence-electron chi connectivity index (χ3n) is 4.12. The van der Waals surface area contributed by atoms with E-state index in [1.54, 1.807) is 12.5 Å². The summed E-state index contributed by atoms with van der Waals surface area (Å²) in [6, 6.07) is 10.2. The molecule has 2 N–H and O–H groups in total. The highest BCUT2D eigenvalue weighted by atomic mass is 16.5. The van der Waals surface area contributed by atoms with E-state index in [0.717, 1.165) is 35.2 Å². The highest BCUT2D eigenvalue weighted by Crippen LogP contribution is 2.15. The molecular weight excluding hydrogens is 340 g/mol. The smallest absolute Gasteiger partial charge is 0.191 e. The molecule has 0 spiro atoms. The minimum absolute atomic E-state index is 0.351. The molecule has 2 heterocycles. The maximum Gasteiger partial charge on any atom is 0.191 e. The molecule has 0 saturated heterocycles. The molecule has 0 fully saturated rings. The number of hydrogen-bond donors (Lipinski definition) is 2. The Bertz CT molecular complexity index is 866. The van der Waals surface area contributed by atoms with Gasteiger partial charge in [0.1, 0.15) is 0 Å². The van der Waals surface area contributed by atoms with E-state index in [4.69, 9.17) is 9.52 Å². The Morgan fingerprint density at radius 2 is 2.11 bits per heavy atom. The normalized spacial score (nSPS) is 11.8. The van der Waals surface area contributed by atoms with E-state index in [-0.39, 0.29) is 0 Å². The van der Waals surface area contributed by atoms with Gasteiger partial charge in [0, 0.05) is 25.0 Å². The summed E-state index contributed by atoms with van der Waals surface area (Å²) < 4.78 is 7.37. The van der Waals surface area contributed by atoms with Crippen LogP contribution in [0, 0.1) is 0 Å². The molecule has 1 aromatic carbocycles. The van der Waals surface area contributed by atoms with Crippen molar-refractivity contribution in [3.05, 3.63) is 66.1 Å². The Morgan fingerprint density at radius 3 is 2.81 bits per heavy atom. The number of para-hydroxylation sites is 1. The second kappa shape index (κ2) is 9.02. The van der Waals surface area contributed by atoms with Gasteiger partial charge in [-0.1, -0.05) is 37.2 Å². The van der Waals surface area contributed by atoms with Crippen LogP contribution in [0.25, 0.3) is 5.69 Å². The highest BCUT2D eigenvalue weighted by molar-refractivity contribution is 5.79. The predicted molar refractivity (Wildman–Crippen MR) is 106 cm³/mol. The van der Waals surface area contributed by atoms with Crippen LogP contribution in [0.2, 0.25) is 0 Å². The van der Waals surface area contributed by atoms with Crippen LogP contribution in [0.15, 0.2) is 58.6 Å². The van der Waals surface area contributed by atoms with Crippen LogP contribution in [0.1, 0.15) is 43.7 Å². The zero-order valence-corrected chi connectivity index (χ0v) is 16.0. The molecule has 27 heavy (non-hydrogen) atoms. The van der Waals surface area contributed by atoms with Crippen LogP contribution in [0.5, 0.6) is 0 Å². The summed E-state index contributed by atoms with van der Waals surface area (Å²) in [5, 5.41) is 10.7. The van der Waals surface area contributed by atoms with Gasteiger partial charge in [0.25, 0.3) is 0 Å². The summed E-state index contributed by atoms with van der Waals surface area (Å²) in [5.41, 5.74) is 3.16. The first-order valence-corrected chi connectivity index (χ1v) is 9.21. The van der Waals surface area contributed by atoms with Gasteiger partial charge in [-0.25, -0.2) is 9.98 Å². The number of nitrogens with zero attached hydrogens (tertiary/aromatic N) is 4. The number of aliphatic imine (C=N–C) groups is 1. The van der Waals surface area contributed by atoms with E-state index >= 15 is 0 Å². The second-order valence-corrected chi connectivity index (χ2v) is 6.52. The van der Waals surface area contributed by atoms with Gasteiger partial charge in [-0.15, -0.1) is 0 Å². The lowest BCUT2D eigenvalue weighted by Gasteiger charge is -2.12. The average Bonchev–Trinajstić information content (AvgIpc) is 3.36. The van der Waals surface area contributed by atoms with Crippen molar-refractivity contribution in [2.45, 2.75) is 39.8 Å². The third-order valence-corrected chi connectivity index (χ3v) is 4.12. The summed E-state index contributed by atoms with van der Waals surface area (Å²) >= 11 is 0. The fraction of sp³-hybridized carbons (Fsp3) is 0.350. The van der Waals surface area contributed by atoms with Crippen LogP contribution in [-0.2, 0) is 13.1 Å². The highest BCUT2D eigenvalue weighted by Gasteiger charge is 2.09. The molecule has 7 heteroatoms. The average molecular weight is 366 g/mol. The lowest BCUT2D eigenvalue weighted by Crippen LogP contribution is -2.36. The number of hydrogen-bond acceptors (Lipinski definition) is 4. The zero-order valence-electron chi connectivity index (χ0n) is 16.0. The molecule has 2 aromatic heterocycles. The predicted octanol–water partition coefficient (Wildman–Crippen LogP) is 3.24. The second-order valence-electron chi connectivity index (χ2n) is 6.52. The summed E-state index contributed by atoms with van der Waals surface area (Å²) in [7, 11) is 0. The number of aromatic nitrogens is 3. The van der Waals surface area contributed by atoms with E-state index in [0.29, 0.717) is 19.0 Å². The van der Waals surface area contributed by atoms with Gasteiger partial charge in [-0.3, -0.25) is 0 Å². The Balaban J connectivity index is 1.69. The molecule has 3 rings (SSSR count). The van der Waals surface area contributed by atoms with Crippen molar-refractivity contribution in [1.29, 1.82) is 0 Å². The van der Waals surface area contributed by atoms with Crippen molar-refractivity contribution in [2.24, 2.45) is 4.99 Å². The molecule has 0 saturated carbocycles. The van der Waals surface area contributed by atoms with Crippen LogP contribution >= 0.6 is 0 Å². The summed E-state index contributed by atoms with van der Waals surface area (Å²) in [5.74, 6) is 1.88. The number of nitrogens with one attached hydrogen (secondary N) is 2. The fourth-order valence-electron chi connectivity index (χ4n) is 2.66. The van der Waals surface area contributed by atoms with Crippen molar-refractivity contribution in [1.82, 2.24) is 25.3 Å². The van der Waals surface area contributed by atoms with Gasteiger partial charge in [-0.05, 0) is 24.5 Å². The quantitative estimate of drug-likeness (QED) is 0.496. The monoisotopic (exact) mass is 366 g/mol. The van der Waals surface area contributed by atoms with Gasteiger partial charge in [0.05, 0.1) is 30.8 Å². The molecule has 0 atom stereocenters. The van der Waals surface area contributed by atoms with Crippen molar-refractivity contribution in [2.75, 3.05) is 6.54 Å². The van der Waals surface area contributed by atoms with Crippen LogP contribution in [-0.4, -0.2) is 27.2 Å². The van der Waals surface area contributed by atoms with Crippen molar-refractivity contribution >= 4 is 5.96 Å². The molecule has 0 radical (unpaired) electrons. The number of rotatable bonds is 7. The third kappa shape index (κ3) is 4.97. The van der Waals surface area contributed by atoms with Gasteiger partial charge in [0.2, 0.25) is 0 Å². The zero-order chi connectivity index (χ0) is 19.1. The molecule has 0 amide bonds. The first-order chi connectivity index (χ1) is 13.2. The summed E-state index contributed by atoms with van der Waals surface area (Å²) in [6.45, 7) is 8.10. The first-order valence-electron chi connectivity index (χ1n) is 9.21. The van der Waals surface area contributed by atoms with Gasteiger partial charge in [-0.2, -0.15) is 0 Å². The van der Waals surface area contributed by atoms with Crippen LogP contribution in [0.3, 0.4) is 0 Å². The van der Waals surface area contributed by atoms with E-state index in [2.05, 4.69) is 46.8 Å². The Hall–Kier alpha value is -3.09. The van der Waals surface area contributed by atoms with Crippen molar-refractivity contribution in [3.8, 4) is 5.69 Å². The summed E-state index contributed by atoms with van der Waals surface area (Å²) in [6.07, 6.45) is 5.50. The Morgan fingerprint density at radius 1 is 1.26 bits per heavy atom. The first kappa shape index (κ1) is 18.7. The molecule has 0 aliphatic heterocycles. The van der Waals surface area contributed by atoms with Gasteiger partial charge >= 0.3 is 0 Å². The molecule has 0 bridgehead atoms. The summed E-state index contributed by atoms with van der Waals surface area (Å²) in [4.78, 5) is 8.84.